The Labute approximate surface area is 141 Å². The highest BCUT2D eigenvalue weighted by atomic mass is 19.3. The molecule has 0 aliphatic carbocycles. The first kappa shape index (κ1) is 19.2. The zero-order chi connectivity index (χ0) is 17.9. The van der Waals surface area contributed by atoms with Crippen LogP contribution in [0.4, 0.5) is 17.6 Å². The minimum absolute atomic E-state index is 0.132. The van der Waals surface area contributed by atoms with E-state index in [0.717, 1.165) is 18.9 Å². The van der Waals surface area contributed by atoms with E-state index in [1.165, 1.54) is 12.1 Å². The Morgan fingerprint density at radius 1 is 1.17 bits per heavy atom. The number of piperidine rings is 1. The van der Waals surface area contributed by atoms with E-state index < -0.39 is 18.1 Å². The van der Waals surface area contributed by atoms with Crippen molar-refractivity contribution in [1.82, 2.24) is 10.2 Å². The lowest BCUT2D eigenvalue weighted by Gasteiger charge is -2.39. The summed E-state index contributed by atoms with van der Waals surface area (Å²) < 4.78 is 52.3. The van der Waals surface area contributed by atoms with Crippen molar-refractivity contribution in [3.63, 3.8) is 0 Å². The van der Waals surface area contributed by atoms with E-state index in [0.29, 0.717) is 18.7 Å². The summed E-state index contributed by atoms with van der Waals surface area (Å²) in [5, 5.41) is 3.47. The van der Waals surface area contributed by atoms with Crippen molar-refractivity contribution in [3.05, 3.63) is 35.4 Å². The zero-order valence-corrected chi connectivity index (χ0v) is 14.5. The molecule has 1 N–H and O–H groups in total. The Kier molecular flexibility index (Phi) is 6.26. The van der Waals surface area contributed by atoms with E-state index >= 15 is 0 Å². The van der Waals surface area contributed by atoms with Gasteiger partial charge in [-0.15, -0.1) is 0 Å². The number of benzene rings is 1. The van der Waals surface area contributed by atoms with Crippen molar-refractivity contribution >= 4 is 0 Å². The molecule has 1 fully saturated rings. The first-order valence-electron chi connectivity index (χ1n) is 8.38. The third-order valence-corrected chi connectivity index (χ3v) is 4.53. The molecule has 1 atom stereocenters. The molecule has 0 saturated carbocycles. The van der Waals surface area contributed by atoms with Gasteiger partial charge in [-0.05, 0) is 37.4 Å². The molecule has 0 aromatic heterocycles. The highest BCUT2D eigenvalue weighted by Crippen LogP contribution is 2.35. The summed E-state index contributed by atoms with van der Waals surface area (Å²) in [5.41, 5.74) is 0.178. The van der Waals surface area contributed by atoms with Crippen molar-refractivity contribution < 1.29 is 17.6 Å². The summed E-state index contributed by atoms with van der Waals surface area (Å²) in [6, 6.07) is 3.52. The van der Waals surface area contributed by atoms with Crippen LogP contribution in [-0.2, 0) is 0 Å². The molecular weight excluding hydrogens is 320 g/mol. The molecule has 1 saturated heterocycles. The topological polar surface area (TPSA) is 15.3 Å². The largest absolute Gasteiger partial charge is 0.306 e. The van der Waals surface area contributed by atoms with Crippen LogP contribution in [0.3, 0.4) is 0 Å². The first-order chi connectivity index (χ1) is 11.2. The first-order valence-corrected chi connectivity index (χ1v) is 8.38. The Bertz CT molecular complexity index is 534. The van der Waals surface area contributed by atoms with E-state index in [2.05, 4.69) is 5.32 Å². The van der Waals surface area contributed by atoms with Crippen molar-refractivity contribution in [2.45, 2.75) is 52.1 Å². The van der Waals surface area contributed by atoms with Gasteiger partial charge in [-0.2, -0.15) is 0 Å². The number of nitrogens with zero attached hydrogens (tertiary/aromatic N) is 1. The van der Waals surface area contributed by atoms with E-state index in [1.54, 1.807) is 4.90 Å². The second-order valence-corrected chi connectivity index (χ2v) is 7.60. The van der Waals surface area contributed by atoms with E-state index in [9.17, 15) is 17.6 Å². The molecule has 24 heavy (non-hydrogen) atoms. The molecule has 0 spiro atoms. The predicted octanol–water partition coefficient (Wildman–Crippen LogP) is 4.37. The lowest BCUT2D eigenvalue weighted by atomic mass is 9.81. The van der Waals surface area contributed by atoms with Crippen LogP contribution in [0.15, 0.2) is 18.2 Å². The fourth-order valence-corrected chi connectivity index (χ4v) is 3.25. The predicted molar refractivity (Wildman–Crippen MR) is 87.2 cm³/mol. The van der Waals surface area contributed by atoms with Crippen LogP contribution in [0.5, 0.6) is 0 Å². The Morgan fingerprint density at radius 2 is 1.79 bits per heavy atom. The van der Waals surface area contributed by atoms with Gasteiger partial charge in [0.1, 0.15) is 11.6 Å². The number of hydrogen-bond acceptors (Lipinski definition) is 2. The zero-order valence-electron chi connectivity index (χ0n) is 14.5. The molecule has 1 heterocycles. The van der Waals surface area contributed by atoms with Crippen molar-refractivity contribution in [1.29, 1.82) is 0 Å². The van der Waals surface area contributed by atoms with Gasteiger partial charge < -0.3 is 5.32 Å². The van der Waals surface area contributed by atoms with Gasteiger partial charge >= 0.3 is 0 Å². The van der Waals surface area contributed by atoms with Gasteiger partial charge in [-0.1, -0.05) is 26.8 Å². The number of hydrogen-bond donors (Lipinski definition) is 1. The highest BCUT2D eigenvalue weighted by Gasteiger charge is 2.32. The minimum Gasteiger partial charge on any atom is -0.306 e. The van der Waals surface area contributed by atoms with Gasteiger partial charge in [0.25, 0.3) is 6.43 Å². The molecule has 0 bridgehead atoms. The van der Waals surface area contributed by atoms with Gasteiger partial charge in [0.05, 0.1) is 6.54 Å². The quantitative estimate of drug-likeness (QED) is 0.797. The minimum atomic E-state index is -2.31. The van der Waals surface area contributed by atoms with E-state index in [-0.39, 0.29) is 24.0 Å². The van der Waals surface area contributed by atoms with Gasteiger partial charge in [0.15, 0.2) is 0 Å². The maximum Gasteiger partial charge on any atom is 0.251 e. The van der Waals surface area contributed by atoms with Crippen LogP contribution in [-0.4, -0.2) is 37.0 Å². The van der Waals surface area contributed by atoms with Crippen LogP contribution < -0.4 is 5.32 Å². The molecule has 2 rings (SSSR count). The lowest BCUT2D eigenvalue weighted by molar-refractivity contribution is 0.0697. The lowest BCUT2D eigenvalue weighted by Crippen LogP contribution is -2.47. The summed E-state index contributed by atoms with van der Waals surface area (Å²) in [4.78, 5) is 1.76. The Balaban J connectivity index is 2.06. The summed E-state index contributed by atoms with van der Waals surface area (Å²) in [6.45, 7) is 7.01. The number of halogens is 4. The summed E-state index contributed by atoms with van der Waals surface area (Å²) in [5.74, 6) is -1.15. The monoisotopic (exact) mass is 346 g/mol. The van der Waals surface area contributed by atoms with Crippen LogP contribution in [0.1, 0.15) is 45.2 Å². The molecule has 1 aliphatic rings. The van der Waals surface area contributed by atoms with E-state index in [4.69, 9.17) is 0 Å². The molecule has 136 valence electrons. The third-order valence-electron chi connectivity index (χ3n) is 4.53. The number of rotatable bonds is 5. The fraction of sp³-hybridized carbons (Fsp3) is 0.667. The second kappa shape index (κ2) is 7.83. The number of alkyl halides is 2. The van der Waals surface area contributed by atoms with Crippen molar-refractivity contribution in [2.24, 2.45) is 5.41 Å². The maximum atomic E-state index is 14.2. The molecular formula is C18H26F4N2. The smallest absolute Gasteiger partial charge is 0.251 e. The average molecular weight is 346 g/mol. The summed E-state index contributed by atoms with van der Waals surface area (Å²) in [6.07, 6.45) is -0.838. The molecule has 0 amide bonds. The maximum absolute atomic E-state index is 14.2. The van der Waals surface area contributed by atoms with Gasteiger partial charge in [0.2, 0.25) is 0 Å². The molecule has 1 aromatic rings. The normalized spacial score (nSPS) is 19.0. The summed E-state index contributed by atoms with van der Waals surface area (Å²) >= 11 is 0. The van der Waals surface area contributed by atoms with Crippen LogP contribution in [0, 0.1) is 17.0 Å². The standard InChI is InChI=1S/C18H26F4N2/c1-18(2,3)17(14-5-4-12(19)10-15(14)20)23-13-6-8-24(9-7-13)11-16(21)22/h4-5,10,13,16-17,23H,6-9,11H2,1-3H3/t17-/m1/s1. The Morgan fingerprint density at radius 3 is 2.29 bits per heavy atom. The third kappa shape index (κ3) is 5.18. The Hall–Kier alpha value is -1.14. The second-order valence-electron chi connectivity index (χ2n) is 7.60. The van der Waals surface area contributed by atoms with Gasteiger partial charge in [-0.25, -0.2) is 17.6 Å². The fourth-order valence-electron chi connectivity index (χ4n) is 3.25. The molecule has 1 aliphatic heterocycles. The SMILES string of the molecule is CC(C)(C)[C@H](NC1CCN(CC(F)F)CC1)c1ccc(F)cc1F. The van der Waals surface area contributed by atoms with Gasteiger partial charge in [-0.3, -0.25) is 4.90 Å². The van der Waals surface area contributed by atoms with Gasteiger partial charge in [0, 0.05) is 23.7 Å². The summed E-state index contributed by atoms with van der Waals surface area (Å²) in [7, 11) is 0. The average Bonchev–Trinajstić information content (AvgIpc) is 2.45. The molecule has 0 unspecified atom stereocenters. The van der Waals surface area contributed by atoms with Crippen LogP contribution in [0.2, 0.25) is 0 Å². The van der Waals surface area contributed by atoms with Crippen molar-refractivity contribution in [3.8, 4) is 0 Å². The molecule has 6 heteroatoms. The molecule has 1 aromatic carbocycles. The number of likely N-dealkylation sites (tertiary alicyclic amines) is 1. The van der Waals surface area contributed by atoms with E-state index in [1.807, 2.05) is 20.8 Å². The van der Waals surface area contributed by atoms with Crippen LogP contribution >= 0.6 is 0 Å². The number of nitrogens with one attached hydrogen (secondary N) is 1. The van der Waals surface area contributed by atoms with Crippen LogP contribution in [0.25, 0.3) is 0 Å². The van der Waals surface area contributed by atoms with Crippen molar-refractivity contribution in [2.75, 3.05) is 19.6 Å². The molecule has 0 radical (unpaired) electrons. The highest BCUT2D eigenvalue weighted by molar-refractivity contribution is 5.24. The molecule has 2 nitrogen and oxygen atoms in total.